The van der Waals surface area contributed by atoms with Gasteiger partial charge in [0.15, 0.2) is 11.5 Å². The summed E-state index contributed by atoms with van der Waals surface area (Å²) >= 11 is 9.43. The molecule has 0 bridgehead atoms. The maximum Gasteiger partial charge on any atom is 0.335 e. The van der Waals surface area contributed by atoms with E-state index in [9.17, 15) is 10.1 Å². The molecule has 0 fully saturated rings. The van der Waals surface area contributed by atoms with Crippen LogP contribution in [0.1, 0.15) is 27.0 Å². The molecule has 31 heavy (non-hydrogen) atoms. The van der Waals surface area contributed by atoms with Crippen LogP contribution in [-0.2, 0) is 6.61 Å². The molecule has 3 aromatic carbocycles. The number of allylic oxidation sites excluding steroid dienone is 1. The average Bonchev–Trinajstić information content (AvgIpc) is 2.78. The molecule has 0 unspecified atom stereocenters. The quantitative estimate of drug-likeness (QED) is 0.299. The highest BCUT2D eigenvalue weighted by Crippen LogP contribution is 2.36. The Morgan fingerprint density at radius 3 is 2.32 bits per heavy atom. The van der Waals surface area contributed by atoms with Crippen molar-refractivity contribution in [1.29, 1.82) is 5.26 Å². The highest BCUT2D eigenvalue weighted by molar-refractivity contribution is 9.10. The van der Waals surface area contributed by atoms with E-state index >= 15 is 0 Å². The third kappa shape index (κ3) is 5.66. The lowest BCUT2D eigenvalue weighted by Gasteiger charge is -2.13. The van der Waals surface area contributed by atoms with Crippen LogP contribution >= 0.6 is 27.5 Å². The molecule has 0 aliphatic heterocycles. The lowest BCUT2D eigenvalue weighted by molar-refractivity contribution is 0.0697. The summed E-state index contributed by atoms with van der Waals surface area (Å²) in [7, 11) is 1.54. The van der Waals surface area contributed by atoms with Crippen LogP contribution in [0.5, 0.6) is 11.5 Å². The molecule has 156 valence electrons. The number of nitrogens with zero attached hydrogens (tertiary/aromatic N) is 1. The zero-order valence-electron chi connectivity index (χ0n) is 16.4. The summed E-state index contributed by atoms with van der Waals surface area (Å²) in [6.45, 7) is 0.342. The lowest BCUT2D eigenvalue weighted by Crippen LogP contribution is -1.98. The predicted molar refractivity (Wildman–Crippen MR) is 123 cm³/mol. The first kappa shape index (κ1) is 22.4. The first-order valence-corrected chi connectivity index (χ1v) is 10.3. The van der Waals surface area contributed by atoms with Gasteiger partial charge in [0.05, 0.1) is 24.3 Å². The van der Waals surface area contributed by atoms with E-state index in [0.717, 1.165) is 11.1 Å². The molecule has 7 heteroatoms. The highest BCUT2D eigenvalue weighted by Gasteiger charge is 2.12. The number of methoxy groups -OCH3 is 1. The number of aromatic carboxylic acids is 1. The van der Waals surface area contributed by atoms with Crippen molar-refractivity contribution in [3.05, 3.63) is 92.4 Å². The Morgan fingerprint density at radius 1 is 1.10 bits per heavy atom. The van der Waals surface area contributed by atoms with Crippen molar-refractivity contribution in [3.63, 3.8) is 0 Å². The fourth-order valence-electron chi connectivity index (χ4n) is 2.80. The van der Waals surface area contributed by atoms with Crippen LogP contribution in [0.2, 0.25) is 5.02 Å². The summed E-state index contributed by atoms with van der Waals surface area (Å²) in [4.78, 5) is 11.0. The van der Waals surface area contributed by atoms with Gasteiger partial charge in [0.2, 0.25) is 0 Å². The second-order valence-corrected chi connectivity index (χ2v) is 7.78. The molecule has 0 atom stereocenters. The Hall–Kier alpha value is -3.27. The minimum Gasteiger partial charge on any atom is -0.493 e. The molecule has 0 saturated heterocycles. The van der Waals surface area contributed by atoms with Gasteiger partial charge in [-0.1, -0.05) is 51.8 Å². The van der Waals surface area contributed by atoms with Gasteiger partial charge in [-0.25, -0.2) is 4.79 Å². The Labute approximate surface area is 193 Å². The summed E-state index contributed by atoms with van der Waals surface area (Å²) in [5, 5.41) is 19.3. The monoisotopic (exact) mass is 497 g/mol. The van der Waals surface area contributed by atoms with Crippen LogP contribution in [0.3, 0.4) is 0 Å². The van der Waals surface area contributed by atoms with Gasteiger partial charge in [-0.3, -0.25) is 0 Å². The molecule has 0 amide bonds. The van der Waals surface area contributed by atoms with Crippen LogP contribution in [0.25, 0.3) is 11.6 Å². The van der Waals surface area contributed by atoms with Crippen LogP contribution in [0, 0.1) is 11.3 Å². The molecular formula is C24H17BrClNO4. The van der Waals surface area contributed by atoms with E-state index in [0.29, 0.717) is 38.7 Å². The van der Waals surface area contributed by atoms with Crippen molar-refractivity contribution in [2.24, 2.45) is 0 Å². The second-order valence-electron chi connectivity index (χ2n) is 6.49. The summed E-state index contributed by atoms with van der Waals surface area (Å²) in [6.07, 6.45) is 1.70. The maximum absolute atomic E-state index is 11.0. The molecular weight excluding hydrogens is 482 g/mol. The largest absolute Gasteiger partial charge is 0.493 e. The van der Waals surface area contributed by atoms with Crippen molar-refractivity contribution in [3.8, 4) is 17.6 Å². The number of carboxylic acid groups (broad SMARTS) is 1. The highest BCUT2D eigenvalue weighted by atomic mass is 79.9. The SMILES string of the molecule is COc1cc(/C=C(/C#N)c2ccc(C(=O)O)cc2)c(Br)cc1OCc1ccc(Cl)cc1. The van der Waals surface area contributed by atoms with Crippen molar-refractivity contribution >= 4 is 45.1 Å². The number of ether oxygens (including phenoxy) is 2. The molecule has 0 saturated carbocycles. The second kappa shape index (κ2) is 10.2. The summed E-state index contributed by atoms with van der Waals surface area (Å²) in [5.74, 6) is 0.0448. The Morgan fingerprint density at radius 2 is 1.74 bits per heavy atom. The van der Waals surface area contributed by atoms with Crippen LogP contribution in [0.15, 0.2) is 65.1 Å². The van der Waals surface area contributed by atoms with Gasteiger partial charge in [-0.05, 0) is 59.2 Å². The number of hydrogen-bond donors (Lipinski definition) is 1. The topological polar surface area (TPSA) is 79.5 Å². The third-order valence-electron chi connectivity index (χ3n) is 4.45. The number of carboxylic acids is 1. The van der Waals surface area contributed by atoms with Gasteiger partial charge < -0.3 is 14.6 Å². The predicted octanol–water partition coefficient (Wildman–Crippen LogP) is 6.45. The number of halogens is 2. The minimum absolute atomic E-state index is 0.158. The fraction of sp³-hybridized carbons (Fsp3) is 0.0833. The Bertz CT molecular complexity index is 1170. The Kier molecular flexibility index (Phi) is 7.35. The molecule has 0 aromatic heterocycles. The van der Waals surface area contributed by atoms with E-state index in [2.05, 4.69) is 22.0 Å². The van der Waals surface area contributed by atoms with Crippen LogP contribution in [-0.4, -0.2) is 18.2 Å². The minimum atomic E-state index is -1.02. The van der Waals surface area contributed by atoms with Gasteiger partial charge >= 0.3 is 5.97 Å². The first-order valence-electron chi connectivity index (χ1n) is 9.11. The fourth-order valence-corrected chi connectivity index (χ4v) is 3.37. The van der Waals surface area contributed by atoms with Gasteiger partial charge in [0, 0.05) is 9.50 Å². The molecule has 1 N–H and O–H groups in total. The molecule has 5 nitrogen and oxygen atoms in total. The van der Waals surface area contributed by atoms with Crippen molar-refractivity contribution in [2.75, 3.05) is 7.11 Å². The van der Waals surface area contributed by atoms with E-state index in [-0.39, 0.29) is 5.56 Å². The molecule has 0 aliphatic carbocycles. The van der Waals surface area contributed by atoms with Gasteiger partial charge in [-0.2, -0.15) is 5.26 Å². The molecule has 0 radical (unpaired) electrons. The van der Waals surface area contributed by atoms with Crippen LogP contribution in [0.4, 0.5) is 0 Å². The van der Waals surface area contributed by atoms with Gasteiger partial charge in [-0.15, -0.1) is 0 Å². The number of carbonyl (C=O) groups is 1. The van der Waals surface area contributed by atoms with E-state index in [1.807, 2.05) is 12.1 Å². The zero-order valence-corrected chi connectivity index (χ0v) is 18.8. The normalized spacial score (nSPS) is 11.0. The van der Waals surface area contributed by atoms with E-state index < -0.39 is 5.97 Å². The van der Waals surface area contributed by atoms with Gasteiger partial charge in [0.1, 0.15) is 6.61 Å². The molecule has 3 aromatic rings. The van der Waals surface area contributed by atoms with Crippen molar-refractivity contribution in [1.82, 2.24) is 0 Å². The molecule has 0 spiro atoms. The van der Waals surface area contributed by atoms with E-state index in [1.54, 1.807) is 49.6 Å². The smallest absolute Gasteiger partial charge is 0.335 e. The first-order chi connectivity index (χ1) is 14.9. The van der Waals surface area contributed by atoms with Crippen molar-refractivity contribution in [2.45, 2.75) is 6.61 Å². The number of benzene rings is 3. The molecule has 0 aliphatic rings. The lowest BCUT2D eigenvalue weighted by atomic mass is 10.0. The number of rotatable bonds is 7. The Balaban J connectivity index is 1.87. The molecule has 0 heterocycles. The number of hydrogen-bond acceptors (Lipinski definition) is 4. The van der Waals surface area contributed by atoms with Crippen LogP contribution < -0.4 is 9.47 Å². The van der Waals surface area contributed by atoms with Gasteiger partial charge in [0.25, 0.3) is 0 Å². The van der Waals surface area contributed by atoms with E-state index in [1.165, 1.54) is 12.1 Å². The third-order valence-corrected chi connectivity index (χ3v) is 5.39. The summed E-state index contributed by atoms with van der Waals surface area (Å²) in [5.41, 5.74) is 2.83. The maximum atomic E-state index is 11.0. The van der Waals surface area contributed by atoms with E-state index in [4.69, 9.17) is 26.2 Å². The molecule has 3 rings (SSSR count). The standard InChI is InChI=1S/C24H17BrClNO4/c1-30-22-11-18(10-19(13-27)16-4-6-17(7-5-16)24(28)29)21(25)12-23(22)31-14-15-2-8-20(26)9-3-15/h2-12H,14H2,1H3,(H,28,29)/b19-10-. The summed E-state index contributed by atoms with van der Waals surface area (Å²) < 4.78 is 12.1. The van der Waals surface area contributed by atoms with Crippen molar-refractivity contribution < 1.29 is 19.4 Å². The average molecular weight is 499 g/mol. The summed E-state index contributed by atoms with van der Waals surface area (Å²) in [6, 6.07) is 19.2. The zero-order chi connectivity index (χ0) is 22.4. The number of nitriles is 1.